The normalized spacial score (nSPS) is 24.4. The first-order chi connectivity index (χ1) is 7.47. The highest BCUT2D eigenvalue weighted by molar-refractivity contribution is 5.81. The topological polar surface area (TPSA) is 32.3 Å². The van der Waals surface area contributed by atoms with Crippen LogP contribution in [0.5, 0.6) is 0 Å². The van der Waals surface area contributed by atoms with Crippen LogP contribution in [0.15, 0.2) is 0 Å². The van der Waals surface area contributed by atoms with E-state index in [1.807, 2.05) is 5.32 Å². The van der Waals surface area contributed by atoms with Gasteiger partial charge in [-0.2, -0.15) is 13.2 Å². The third kappa shape index (κ3) is 2.87. The molecule has 1 aliphatic heterocycles. The van der Waals surface area contributed by atoms with Crippen molar-refractivity contribution in [3.05, 3.63) is 0 Å². The van der Waals surface area contributed by atoms with Gasteiger partial charge in [-0.15, -0.1) is 0 Å². The van der Waals surface area contributed by atoms with Gasteiger partial charge in [0.15, 0.2) is 0 Å². The number of nitrogens with zero attached hydrogens (tertiary/aromatic N) is 1. The Morgan fingerprint density at radius 2 is 1.69 bits per heavy atom. The minimum atomic E-state index is -4.76. The summed E-state index contributed by atoms with van der Waals surface area (Å²) in [6.45, 7) is 1.60. The van der Waals surface area contributed by atoms with Crippen molar-refractivity contribution in [3.63, 3.8) is 0 Å². The summed E-state index contributed by atoms with van der Waals surface area (Å²) in [4.78, 5) is 13.0. The lowest BCUT2D eigenvalue weighted by molar-refractivity contribution is -0.174. The van der Waals surface area contributed by atoms with Gasteiger partial charge in [-0.05, 0) is 25.7 Å². The molecule has 2 rings (SSSR count). The Morgan fingerprint density at radius 3 is 2.12 bits per heavy atom. The van der Waals surface area contributed by atoms with Gasteiger partial charge >= 0.3 is 12.1 Å². The number of alkyl halides is 3. The SMILES string of the molecule is O=C(NC1CCN(C2CC2)CC1)C(F)(F)F. The molecule has 0 bridgehead atoms. The second-order valence-electron chi connectivity index (χ2n) is 4.51. The van der Waals surface area contributed by atoms with Crippen LogP contribution in [0.4, 0.5) is 13.2 Å². The molecule has 0 aromatic rings. The van der Waals surface area contributed by atoms with Gasteiger partial charge in [0.25, 0.3) is 0 Å². The number of hydrogen-bond donors (Lipinski definition) is 1. The van der Waals surface area contributed by atoms with E-state index in [0.717, 1.165) is 13.1 Å². The fourth-order valence-corrected chi connectivity index (χ4v) is 2.12. The molecule has 1 heterocycles. The summed E-state index contributed by atoms with van der Waals surface area (Å²) in [6, 6.07) is 0.336. The Morgan fingerprint density at radius 1 is 1.12 bits per heavy atom. The van der Waals surface area contributed by atoms with Crippen LogP contribution in [0, 0.1) is 0 Å². The van der Waals surface area contributed by atoms with Gasteiger partial charge in [0.2, 0.25) is 0 Å². The van der Waals surface area contributed by atoms with Gasteiger partial charge in [-0.3, -0.25) is 4.79 Å². The smallest absolute Gasteiger partial charge is 0.345 e. The molecular weight excluding hydrogens is 221 g/mol. The Hall–Kier alpha value is -0.780. The summed E-state index contributed by atoms with van der Waals surface area (Å²) >= 11 is 0. The number of likely N-dealkylation sites (tertiary alicyclic amines) is 1. The molecule has 16 heavy (non-hydrogen) atoms. The molecule has 1 saturated heterocycles. The maximum atomic E-state index is 12.0. The summed E-state index contributed by atoms with van der Waals surface area (Å²) in [5.74, 6) is -1.81. The molecule has 1 saturated carbocycles. The molecule has 92 valence electrons. The highest BCUT2D eigenvalue weighted by Gasteiger charge is 2.40. The van der Waals surface area contributed by atoms with Crippen LogP contribution in [-0.4, -0.2) is 42.2 Å². The molecule has 0 atom stereocenters. The number of piperidine rings is 1. The fourth-order valence-electron chi connectivity index (χ4n) is 2.12. The lowest BCUT2D eigenvalue weighted by Crippen LogP contribution is -2.48. The van der Waals surface area contributed by atoms with E-state index in [2.05, 4.69) is 4.90 Å². The molecule has 6 heteroatoms. The van der Waals surface area contributed by atoms with Crippen molar-refractivity contribution in [2.24, 2.45) is 0 Å². The molecule has 0 spiro atoms. The average molecular weight is 236 g/mol. The Balaban J connectivity index is 1.74. The Labute approximate surface area is 92.0 Å². The number of amides is 1. The predicted molar refractivity (Wildman–Crippen MR) is 51.8 cm³/mol. The van der Waals surface area contributed by atoms with Crippen LogP contribution < -0.4 is 5.32 Å². The number of rotatable bonds is 2. The van der Waals surface area contributed by atoms with E-state index in [9.17, 15) is 18.0 Å². The van der Waals surface area contributed by atoms with E-state index in [1.54, 1.807) is 0 Å². The van der Waals surface area contributed by atoms with Crippen molar-refractivity contribution in [2.75, 3.05) is 13.1 Å². The first kappa shape index (κ1) is 11.7. The van der Waals surface area contributed by atoms with Crippen molar-refractivity contribution in [1.29, 1.82) is 0 Å². The van der Waals surface area contributed by atoms with Crippen LogP contribution in [0.1, 0.15) is 25.7 Å². The second kappa shape index (κ2) is 4.24. The fraction of sp³-hybridized carbons (Fsp3) is 0.900. The van der Waals surface area contributed by atoms with E-state index in [4.69, 9.17) is 0 Å². The maximum Gasteiger partial charge on any atom is 0.471 e. The number of hydrogen-bond acceptors (Lipinski definition) is 2. The average Bonchev–Trinajstić information content (AvgIpc) is 3.01. The second-order valence-corrected chi connectivity index (χ2v) is 4.51. The van der Waals surface area contributed by atoms with E-state index >= 15 is 0 Å². The quantitative estimate of drug-likeness (QED) is 0.783. The van der Waals surface area contributed by atoms with E-state index in [0.29, 0.717) is 18.9 Å². The van der Waals surface area contributed by atoms with Crippen molar-refractivity contribution < 1.29 is 18.0 Å². The molecule has 1 N–H and O–H groups in total. The summed E-state index contributed by atoms with van der Waals surface area (Å²) in [5, 5.41) is 2.05. The first-order valence-corrected chi connectivity index (χ1v) is 5.58. The molecule has 1 aliphatic carbocycles. The number of halogens is 3. The summed E-state index contributed by atoms with van der Waals surface area (Å²) in [7, 11) is 0. The van der Waals surface area contributed by atoms with Crippen LogP contribution in [-0.2, 0) is 4.79 Å². The van der Waals surface area contributed by atoms with Crippen molar-refractivity contribution in [3.8, 4) is 0 Å². The van der Waals surface area contributed by atoms with Crippen molar-refractivity contribution in [1.82, 2.24) is 10.2 Å². The monoisotopic (exact) mass is 236 g/mol. The molecule has 0 aromatic carbocycles. The zero-order valence-corrected chi connectivity index (χ0v) is 8.89. The predicted octanol–water partition coefficient (Wildman–Crippen LogP) is 1.29. The van der Waals surface area contributed by atoms with Crippen LogP contribution in [0.3, 0.4) is 0 Å². The zero-order chi connectivity index (χ0) is 11.8. The number of carbonyl (C=O) groups excluding carboxylic acids is 1. The largest absolute Gasteiger partial charge is 0.471 e. The van der Waals surface area contributed by atoms with E-state index < -0.39 is 12.1 Å². The van der Waals surface area contributed by atoms with Crippen LogP contribution in [0.2, 0.25) is 0 Å². The Bertz CT molecular complexity index is 268. The van der Waals surface area contributed by atoms with Crippen molar-refractivity contribution >= 4 is 5.91 Å². The zero-order valence-electron chi connectivity index (χ0n) is 8.89. The van der Waals surface area contributed by atoms with Gasteiger partial charge in [-0.1, -0.05) is 0 Å². The van der Waals surface area contributed by atoms with Crippen molar-refractivity contribution in [2.45, 2.75) is 43.9 Å². The van der Waals surface area contributed by atoms with E-state index in [1.165, 1.54) is 12.8 Å². The molecule has 0 unspecified atom stereocenters. The van der Waals surface area contributed by atoms with E-state index in [-0.39, 0.29) is 6.04 Å². The standard InChI is InChI=1S/C10H15F3N2O/c11-10(12,13)9(16)14-7-3-5-15(6-4-7)8-1-2-8/h7-8H,1-6H2,(H,14,16). The lowest BCUT2D eigenvalue weighted by Gasteiger charge is -2.32. The number of carbonyl (C=O) groups is 1. The molecule has 1 amide bonds. The van der Waals surface area contributed by atoms with Gasteiger partial charge in [0, 0.05) is 25.2 Å². The maximum absolute atomic E-state index is 12.0. The van der Waals surface area contributed by atoms with Gasteiger partial charge in [-0.25, -0.2) is 0 Å². The molecule has 3 nitrogen and oxygen atoms in total. The molecule has 2 aliphatic rings. The molecule has 0 radical (unpaired) electrons. The molecule has 0 aromatic heterocycles. The van der Waals surface area contributed by atoms with Crippen LogP contribution >= 0.6 is 0 Å². The molecular formula is C10H15F3N2O. The van der Waals surface area contributed by atoms with Gasteiger partial charge in [0.05, 0.1) is 0 Å². The van der Waals surface area contributed by atoms with Gasteiger partial charge in [0.1, 0.15) is 0 Å². The summed E-state index contributed by atoms with van der Waals surface area (Å²) in [6.07, 6.45) is -1.09. The minimum Gasteiger partial charge on any atom is -0.345 e. The highest BCUT2D eigenvalue weighted by atomic mass is 19.4. The third-order valence-corrected chi connectivity index (χ3v) is 3.19. The summed E-state index contributed by atoms with van der Waals surface area (Å²) < 4.78 is 36.0. The minimum absolute atomic E-state index is 0.316. The Kier molecular flexibility index (Phi) is 3.10. The number of nitrogens with one attached hydrogen (secondary N) is 1. The highest BCUT2D eigenvalue weighted by Crippen LogP contribution is 2.29. The summed E-state index contributed by atoms with van der Waals surface area (Å²) in [5.41, 5.74) is 0. The first-order valence-electron chi connectivity index (χ1n) is 5.58. The third-order valence-electron chi connectivity index (χ3n) is 3.19. The van der Waals surface area contributed by atoms with Crippen LogP contribution in [0.25, 0.3) is 0 Å². The molecule has 2 fully saturated rings. The van der Waals surface area contributed by atoms with Gasteiger partial charge < -0.3 is 10.2 Å². The lowest BCUT2D eigenvalue weighted by atomic mass is 10.0.